The van der Waals surface area contributed by atoms with Crippen molar-refractivity contribution in [2.45, 2.75) is 13.3 Å². The maximum absolute atomic E-state index is 11.6. The fourth-order valence-electron chi connectivity index (χ4n) is 1.18. The number of anilines is 1. The summed E-state index contributed by atoms with van der Waals surface area (Å²) in [4.78, 5) is 25.9. The van der Waals surface area contributed by atoms with E-state index in [2.05, 4.69) is 10.3 Å². The average Bonchev–Trinajstić information content (AvgIpc) is 2.30. The highest BCUT2D eigenvalue weighted by atomic mass is 35.5. The van der Waals surface area contributed by atoms with E-state index < -0.39 is 0 Å². The summed E-state index contributed by atoms with van der Waals surface area (Å²) in [5.74, 6) is 0.170. The molecule has 0 saturated heterocycles. The molecule has 0 spiro atoms. The number of nitrogens with zero attached hydrogens (tertiary/aromatic N) is 1. The van der Waals surface area contributed by atoms with E-state index in [9.17, 15) is 9.59 Å². The molecule has 1 rings (SSSR count). The van der Waals surface area contributed by atoms with Crippen molar-refractivity contribution >= 4 is 29.6 Å². The molecular formula is C10H11ClN2O3. The van der Waals surface area contributed by atoms with Gasteiger partial charge in [-0.05, 0) is 6.07 Å². The van der Waals surface area contributed by atoms with Gasteiger partial charge in [-0.2, -0.15) is 4.98 Å². The lowest BCUT2D eigenvalue weighted by Crippen LogP contribution is -2.08. The van der Waals surface area contributed by atoms with Crippen molar-refractivity contribution in [1.29, 1.82) is 0 Å². The molecule has 0 aliphatic rings. The Hall–Kier alpha value is -1.62. The number of ether oxygens (including phenoxy) is 1. The lowest BCUT2D eigenvalue weighted by Gasteiger charge is -2.09. The van der Waals surface area contributed by atoms with Gasteiger partial charge in [0, 0.05) is 6.42 Å². The summed E-state index contributed by atoms with van der Waals surface area (Å²) in [6.07, 6.45) is 0.750. The zero-order valence-corrected chi connectivity index (χ0v) is 9.67. The van der Waals surface area contributed by atoms with Crippen LogP contribution in [0, 0.1) is 0 Å². The second kappa shape index (κ2) is 5.46. The largest absolute Gasteiger partial charge is 0.480 e. The van der Waals surface area contributed by atoms with Crippen LogP contribution in [0.2, 0.25) is 5.02 Å². The number of halogens is 1. The number of ketones is 1. The van der Waals surface area contributed by atoms with Crippen molar-refractivity contribution in [1.82, 2.24) is 4.98 Å². The Morgan fingerprint density at radius 1 is 1.69 bits per heavy atom. The number of rotatable bonds is 5. The standard InChI is InChI=1S/C10H11ClN2O3/c1-3-8(15)6-4-7(11)10(16-2)13-9(6)12-5-14/h4-5H,3H2,1-2H3,(H,12,13,14). The number of carbonyl (C=O) groups excluding carboxylic acids is 2. The van der Waals surface area contributed by atoms with E-state index in [1.54, 1.807) is 6.92 Å². The van der Waals surface area contributed by atoms with Crippen LogP contribution in [-0.4, -0.2) is 24.3 Å². The summed E-state index contributed by atoms with van der Waals surface area (Å²) >= 11 is 5.85. The molecule has 0 radical (unpaired) electrons. The molecule has 1 N–H and O–H groups in total. The number of carbonyl (C=O) groups is 2. The zero-order chi connectivity index (χ0) is 12.1. The molecule has 86 valence electrons. The van der Waals surface area contributed by atoms with Crippen molar-refractivity contribution in [2.75, 3.05) is 12.4 Å². The first kappa shape index (κ1) is 12.4. The highest BCUT2D eigenvalue weighted by Crippen LogP contribution is 2.27. The first-order chi connectivity index (χ1) is 7.63. The van der Waals surface area contributed by atoms with Gasteiger partial charge in [-0.15, -0.1) is 0 Å². The number of Topliss-reactive ketones (excluding diaryl/α,β-unsaturated/α-hetero) is 1. The van der Waals surface area contributed by atoms with Crippen LogP contribution in [-0.2, 0) is 4.79 Å². The summed E-state index contributed by atoms with van der Waals surface area (Å²) < 4.78 is 4.89. The fraction of sp³-hybridized carbons (Fsp3) is 0.300. The molecule has 0 bridgehead atoms. The van der Waals surface area contributed by atoms with Crippen LogP contribution < -0.4 is 10.1 Å². The zero-order valence-electron chi connectivity index (χ0n) is 8.91. The summed E-state index contributed by atoms with van der Waals surface area (Å²) in [7, 11) is 1.40. The van der Waals surface area contributed by atoms with Crippen molar-refractivity contribution in [2.24, 2.45) is 0 Å². The molecule has 1 amide bonds. The molecule has 0 fully saturated rings. The number of hydrogen-bond acceptors (Lipinski definition) is 4. The van der Waals surface area contributed by atoms with Gasteiger partial charge < -0.3 is 10.1 Å². The van der Waals surface area contributed by atoms with E-state index in [1.165, 1.54) is 13.2 Å². The second-order valence-corrected chi connectivity index (χ2v) is 3.32. The Balaban J connectivity index is 3.29. The van der Waals surface area contributed by atoms with Gasteiger partial charge in [-0.1, -0.05) is 18.5 Å². The Kier molecular flexibility index (Phi) is 4.25. The van der Waals surface area contributed by atoms with Crippen LogP contribution in [0.4, 0.5) is 5.82 Å². The van der Waals surface area contributed by atoms with Gasteiger partial charge in [-0.3, -0.25) is 9.59 Å². The summed E-state index contributed by atoms with van der Waals surface area (Å²) in [6.45, 7) is 1.71. The minimum absolute atomic E-state index is 0.151. The summed E-state index contributed by atoms with van der Waals surface area (Å²) in [5.41, 5.74) is 0.278. The molecule has 5 nitrogen and oxygen atoms in total. The van der Waals surface area contributed by atoms with E-state index >= 15 is 0 Å². The van der Waals surface area contributed by atoms with E-state index in [-0.39, 0.29) is 28.1 Å². The van der Waals surface area contributed by atoms with Crippen LogP contribution in [0.1, 0.15) is 23.7 Å². The number of hydrogen-bond donors (Lipinski definition) is 1. The number of nitrogens with one attached hydrogen (secondary N) is 1. The normalized spacial score (nSPS) is 9.69. The maximum atomic E-state index is 11.6. The fourth-order valence-corrected chi connectivity index (χ4v) is 1.41. The lowest BCUT2D eigenvalue weighted by atomic mass is 10.1. The van der Waals surface area contributed by atoms with Crippen LogP contribution in [0.3, 0.4) is 0 Å². The lowest BCUT2D eigenvalue weighted by molar-refractivity contribution is -0.105. The Morgan fingerprint density at radius 2 is 2.38 bits per heavy atom. The molecule has 0 unspecified atom stereocenters. The van der Waals surface area contributed by atoms with Crippen LogP contribution >= 0.6 is 11.6 Å². The number of methoxy groups -OCH3 is 1. The van der Waals surface area contributed by atoms with Gasteiger partial charge in [0.15, 0.2) is 5.78 Å². The topological polar surface area (TPSA) is 68.3 Å². The molecule has 1 aromatic rings. The Bertz CT molecular complexity index is 421. The van der Waals surface area contributed by atoms with Crippen molar-refractivity contribution in [3.8, 4) is 5.88 Å². The number of amides is 1. The first-order valence-corrected chi connectivity index (χ1v) is 4.99. The van der Waals surface area contributed by atoms with Crippen LogP contribution in [0.15, 0.2) is 6.07 Å². The van der Waals surface area contributed by atoms with Crippen molar-refractivity contribution < 1.29 is 14.3 Å². The third-order valence-corrected chi connectivity index (χ3v) is 2.23. The highest BCUT2D eigenvalue weighted by molar-refractivity contribution is 6.32. The van der Waals surface area contributed by atoms with Gasteiger partial charge in [0.1, 0.15) is 10.8 Å². The van der Waals surface area contributed by atoms with Gasteiger partial charge in [0.2, 0.25) is 12.3 Å². The number of pyridine rings is 1. The van der Waals surface area contributed by atoms with Crippen molar-refractivity contribution in [3.63, 3.8) is 0 Å². The molecular weight excluding hydrogens is 232 g/mol. The molecule has 6 heteroatoms. The third-order valence-electron chi connectivity index (χ3n) is 1.95. The predicted octanol–water partition coefficient (Wildman–Crippen LogP) is 1.90. The van der Waals surface area contributed by atoms with E-state index in [4.69, 9.17) is 16.3 Å². The maximum Gasteiger partial charge on any atom is 0.234 e. The Morgan fingerprint density at radius 3 is 2.88 bits per heavy atom. The van der Waals surface area contributed by atoms with Crippen LogP contribution in [0.25, 0.3) is 0 Å². The predicted molar refractivity (Wildman–Crippen MR) is 60.1 cm³/mol. The monoisotopic (exact) mass is 242 g/mol. The van der Waals surface area contributed by atoms with E-state index in [0.29, 0.717) is 12.8 Å². The highest BCUT2D eigenvalue weighted by Gasteiger charge is 2.15. The molecule has 16 heavy (non-hydrogen) atoms. The number of aromatic nitrogens is 1. The SMILES string of the molecule is CCC(=O)c1cc(Cl)c(OC)nc1NC=O. The molecule has 0 saturated carbocycles. The van der Waals surface area contributed by atoms with Crippen LogP contribution in [0.5, 0.6) is 5.88 Å². The molecule has 1 aromatic heterocycles. The minimum Gasteiger partial charge on any atom is -0.480 e. The van der Waals surface area contributed by atoms with E-state index in [0.717, 1.165) is 0 Å². The summed E-state index contributed by atoms with van der Waals surface area (Å²) in [6, 6.07) is 1.44. The second-order valence-electron chi connectivity index (χ2n) is 2.91. The van der Waals surface area contributed by atoms with Gasteiger partial charge in [-0.25, -0.2) is 0 Å². The quantitative estimate of drug-likeness (QED) is 0.633. The first-order valence-electron chi connectivity index (χ1n) is 4.62. The summed E-state index contributed by atoms with van der Waals surface area (Å²) in [5, 5.41) is 2.57. The molecule has 0 aromatic carbocycles. The minimum atomic E-state index is -0.151. The van der Waals surface area contributed by atoms with Crippen molar-refractivity contribution in [3.05, 3.63) is 16.7 Å². The molecule has 0 aliphatic heterocycles. The molecule has 0 aliphatic carbocycles. The Labute approximate surface area is 97.8 Å². The smallest absolute Gasteiger partial charge is 0.234 e. The molecule has 1 heterocycles. The van der Waals surface area contributed by atoms with Gasteiger partial charge in [0.05, 0.1) is 12.7 Å². The average molecular weight is 243 g/mol. The van der Waals surface area contributed by atoms with E-state index in [1.807, 2.05) is 0 Å². The third kappa shape index (κ3) is 2.49. The van der Waals surface area contributed by atoms with Gasteiger partial charge >= 0.3 is 0 Å². The van der Waals surface area contributed by atoms with Gasteiger partial charge in [0.25, 0.3) is 0 Å². The molecule has 0 atom stereocenters.